The Labute approximate surface area is 358 Å². The number of hydrogen-bond donors (Lipinski definition) is 2. The molecule has 7 aliphatic heterocycles. The van der Waals surface area contributed by atoms with Crippen molar-refractivity contribution in [1.29, 1.82) is 0 Å². The summed E-state index contributed by atoms with van der Waals surface area (Å²) in [5.74, 6) is 0. The molecule has 0 saturated heterocycles. The summed E-state index contributed by atoms with van der Waals surface area (Å²) in [6, 6.07) is 8.31. The summed E-state index contributed by atoms with van der Waals surface area (Å²) in [5, 5.41) is 1.06. The third-order valence-corrected chi connectivity index (χ3v) is 15.1. The molecule has 5 atom stereocenters. The van der Waals surface area contributed by atoms with Crippen LogP contribution in [0.3, 0.4) is 0 Å². The number of alkyl halides is 5. The maximum atomic E-state index is 8.11. The van der Waals surface area contributed by atoms with Crippen molar-refractivity contribution in [1.82, 2.24) is 29.6 Å². The minimum absolute atomic E-state index is 0.352. The Morgan fingerprint density at radius 1 is 0.614 bits per heavy atom. The predicted molar refractivity (Wildman–Crippen MR) is 238 cm³/mol. The van der Waals surface area contributed by atoms with Crippen LogP contribution >= 0.6 is 58.0 Å². The van der Waals surface area contributed by atoms with Gasteiger partial charge in [-0.25, -0.2) is 0 Å². The molecule has 2 aromatic heterocycles. The lowest BCUT2D eigenvalue weighted by Crippen LogP contribution is -2.55. The fourth-order valence-electron chi connectivity index (χ4n) is 8.53. The van der Waals surface area contributed by atoms with Gasteiger partial charge in [0.05, 0.1) is 11.1 Å². The van der Waals surface area contributed by atoms with Crippen LogP contribution in [0.2, 0.25) is 0 Å². The van der Waals surface area contributed by atoms with Gasteiger partial charge in [0, 0.05) is 99.7 Å². The minimum Gasteiger partial charge on any atom is -0.377 e. The molecule has 5 unspecified atom stereocenters. The van der Waals surface area contributed by atoms with E-state index in [0.29, 0.717) is 30.9 Å². The normalized spacial score (nSPS) is 32.1. The number of H-pyrrole nitrogens is 2. The Hall–Kier alpha value is -4.05. The highest BCUT2D eigenvalue weighted by Crippen LogP contribution is 2.58. The molecule has 9 heterocycles. The number of nitrogens with zero attached hydrogens (tertiary/aromatic N) is 6. The lowest BCUT2D eigenvalue weighted by atomic mass is 9.82. The highest BCUT2D eigenvalue weighted by molar-refractivity contribution is 6.52. The highest BCUT2D eigenvalue weighted by atomic mass is 35.5. The maximum absolute atomic E-state index is 8.11. The van der Waals surface area contributed by atoms with Gasteiger partial charge in [-0.2, -0.15) is 0 Å². The molecule has 8 bridgehead atoms. The van der Waals surface area contributed by atoms with Gasteiger partial charge in [0.25, 0.3) is 0 Å². The first kappa shape index (κ1) is 38.5. The molecule has 0 amide bonds. The van der Waals surface area contributed by atoms with E-state index in [0.717, 1.165) is 68.6 Å². The molecular formula is C44H43Cl5N8. The van der Waals surface area contributed by atoms with Crippen LogP contribution in [0.5, 0.6) is 0 Å². The van der Waals surface area contributed by atoms with Crippen molar-refractivity contribution < 1.29 is 0 Å². The number of likely N-dealkylation sites (N-methyl/N-ethyl adjacent to an activating group) is 4. The van der Waals surface area contributed by atoms with E-state index in [4.69, 9.17) is 68.0 Å². The van der Waals surface area contributed by atoms with Crippen LogP contribution in [0.15, 0.2) is 142 Å². The molecule has 9 rings (SSSR count). The van der Waals surface area contributed by atoms with Gasteiger partial charge in [-0.15, -0.1) is 34.8 Å². The third-order valence-electron chi connectivity index (χ3n) is 11.8. The fourth-order valence-corrected chi connectivity index (χ4v) is 10.5. The number of halogens is 5. The maximum Gasteiger partial charge on any atom is 0.181 e. The lowest BCUT2D eigenvalue weighted by molar-refractivity contribution is 0.484. The zero-order valence-electron chi connectivity index (χ0n) is 32.1. The molecule has 2 N–H and O–H groups in total. The van der Waals surface area contributed by atoms with Crippen LogP contribution in [-0.4, -0.2) is 116 Å². The summed E-state index contributed by atoms with van der Waals surface area (Å²) in [6.45, 7) is 2.72. The second-order valence-corrected chi connectivity index (χ2v) is 18.5. The monoisotopic (exact) mass is 858 g/mol. The quantitative estimate of drug-likeness (QED) is 0.257. The third kappa shape index (κ3) is 6.08. The van der Waals surface area contributed by atoms with Crippen LogP contribution in [0.25, 0.3) is 11.1 Å². The summed E-state index contributed by atoms with van der Waals surface area (Å²) in [4.78, 5) is 20.6. The molecule has 2 aromatic rings. The number of allylic oxidation sites excluding steroid dienone is 7. The molecule has 0 saturated carbocycles. The van der Waals surface area contributed by atoms with Gasteiger partial charge in [-0.3, -0.25) is 9.98 Å². The van der Waals surface area contributed by atoms with E-state index in [1.54, 1.807) is 0 Å². The number of aromatic nitrogens is 2. The zero-order chi connectivity index (χ0) is 39.9. The van der Waals surface area contributed by atoms with Crippen molar-refractivity contribution >= 4 is 80.6 Å². The summed E-state index contributed by atoms with van der Waals surface area (Å²) in [5.41, 5.74) is 8.17. The molecule has 57 heavy (non-hydrogen) atoms. The van der Waals surface area contributed by atoms with Gasteiger partial charge in [0.15, 0.2) is 19.7 Å². The SMILES string of the molecule is CN1C=CC(C2=c3ccc([nH]3)=C(C3=CCN(C)C=C3)c3ccc([nH]3)C(Cl)(C3=CCN(C)C=C3)C3(Cl)C=CC(=N3)C(Cl)(C3=CCN(C)C=C3)C3(Cl)N=C2CC3Cl)=CC1. The molecule has 0 aliphatic carbocycles. The van der Waals surface area contributed by atoms with E-state index < -0.39 is 25.1 Å². The molecule has 8 nitrogen and oxygen atoms in total. The average Bonchev–Trinajstić information content (AvgIpc) is 4.02. The molecule has 0 spiro atoms. The van der Waals surface area contributed by atoms with E-state index in [9.17, 15) is 0 Å². The Kier molecular flexibility index (Phi) is 9.49. The first-order chi connectivity index (χ1) is 27.2. The summed E-state index contributed by atoms with van der Waals surface area (Å²) in [7, 11) is 8.12. The molecule has 0 aromatic carbocycles. The van der Waals surface area contributed by atoms with Crippen molar-refractivity contribution in [2.24, 2.45) is 9.98 Å². The molecule has 294 valence electrons. The number of hydrogen-bond acceptors (Lipinski definition) is 6. The smallest absolute Gasteiger partial charge is 0.181 e. The first-order valence-electron chi connectivity index (χ1n) is 19.0. The molecule has 0 fully saturated rings. The topological polar surface area (TPSA) is 69.3 Å². The Morgan fingerprint density at radius 2 is 1.16 bits per heavy atom. The molecule has 0 radical (unpaired) electrons. The molecule has 7 aliphatic rings. The van der Waals surface area contributed by atoms with Crippen LogP contribution in [0.1, 0.15) is 17.8 Å². The number of aromatic amines is 2. The summed E-state index contributed by atoms with van der Waals surface area (Å²) >= 11 is 39.5. The Balaban J connectivity index is 1.39. The second-order valence-electron chi connectivity index (χ2n) is 15.7. The van der Waals surface area contributed by atoms with Gasteiger partial charge in [0.2, 0.25) is 0 Å². The highest BCUT2D eigenvalue weighted by Gasteiger charge is 2.64. The predicted octanol–water partition coefficient (Wildman–Crippen LogP) is 6.99. The largest absolute Gasteiger partial charge is 0.377 e. The van der Waals surface area contributed by atoms with E-state index in [-0.39, 0.29) is 0 Å². The number of aliphatic imine (C=N–C) groups is 2. The van der Waals surface area contributed by atoms with Crippen molar-refractivity contribution in [3.63, 3.8) is 0 Å². The average molecular weight is 861 g/mol. The fraction of sp³-hybridized carbons (Fsp3) is 0.318. The lowest BCUT2D eigenvalue weighted by Gasteiger charge is -2.42. The van der Waals surface area contributed by atoms with Crippen LogP contribution in [-0.2, 0) is 4.87 Å². The van der Waals surface area contributed by atoms with Gasteiger partial charge in [0.1, 0.15) is 0 Å². The van der Waals surface area contributed by atoms with Crippen molar-refractivity contribution in [2.75, 3.05) is 54.4 Å². The number of fused-ring (bicyclic) bond motifs is 6. The van der Waals surface area contributed by atoms with Gasteiger partial charge in [-0.1, -0.05) is 47.5 Å². The molecule has 13 heteroatoms. The first-order valence-corrected chi connectivity index (χ1v) is 21.0. The minimum atomic E-state index is -1.60. The van der Waals surface area contributed by atoms with E-state index in [1.165, 1.54) is 0 Å². The standard InChI is InChI=1S/C44H43Cl5N8/c1-54-19-10-28(11-20-54)39-32-5-6-33(50-32)40(29-12-21-55(2)22-13-29)35-27-36(45)44(49,52-35)43(48,31-16-25-57(4)26-17-31)38-9-18-41(46,53-38)42(47,37-8-7-34(39)51-37)30-14-23-56(3)24-15-30/h5-19,21,23,25,36,50-51H,20,22,24,26-27H2,1-4H3. The van der Waals surface area contributed by atoms with Crippen LogP contribution in [0, 0.1) is 0 Å². The Morgan fingerprint density at radius 3 is 1.72 bits per heavy atom. The van der Waals surface area contributed by atoms with Crippen LogP contribution in [0.4, 0.5) is 0 Å². The Bertz CT molecular complexity index is 2530. The summed E-state index contributed by atoms with van der Waals surface area (Å²) < 4.78 is 0. The molecular weight excluding hydrogens is 818 g/mol. The summed E-state index contributed by atoms with van der Waals surface area (Å²) in [6.07, 6.45) is 28.9. The second kappa shape index (κ2) is 14.1. The van der Waals surface area contributed by atoms with E-state index in [1.807, 2.05) is 63.9 Å². The van der Waals surface area contributed by atoms with Gasteiger partial charge in [-0.05, 0) is 108 Å². The van der Waals surface area contributed by atoms with Crippen molar-refractivity contribution in [2.45, 2.75) is 31.5 Å². The van der Waals surface area contributed by atoms with Gasteiger partial charge < -0.3 is 29.6 Å². The van der Waals surface area contributed by atoms with E-state index >= 15 is 0 Å². The van der Waals surface area contributed by atoms with Crippen molar-refractivity contribution in [3.8, 4) is 0 Å². The zero-order valence-corrected chi connectivity index (χ0v) is 35.9. The van der Waals surface area contributed by atoms with Crippen LogP contribution < -0.4 is 10.7 Å². The van der Waals surface area contributed by atoms with Gasteiger partial charge >= 0.3 is 0 Å². The van der Waals surface area contributed by atoms with E-state index in [2.05, 4.69) is 104 Å². The van der Waals surface area contributed by atoms with Crippen molar-refractivity contribution in [3.05, 3.63) is 154 Å². The number of rotatable bonds is 4. The number of nitrogens with one attached hydrogen (secondary N) is 2.